The first-order chi connectivity index (χ1) is 13.5. The van der Waals surface area contributed by atoms with Crippen molar-refractivity contribution in [2.45, 2.75) is 53.0 Å². The first-order valence-corrected chi connectivity index (χ1v) is 14.0. The van der Waals surface area contributed by atoms with E-state index in [0.29, 0.717) is 36.5 Å². The summed E-state index contributed by atoms with van der Waals surface area (Å²) in [6, 6.07) is 8.34. The van der Waals surface area contributed by atoms with Crippen LogP contribution in [-0.4, -0.2) is 37.2 Å². The molecule has 0 spiro atoms. The smallest absolute Gasteiger partial charge is 0.412 e. The van der Waals surface area contributed by atoms with Crippen LogP contribution in [0.25, 0.3) is 0 Å². The van der Waals surface area contributed by atoms with Gasteiger partial charge in [0.2, 0.25) is 0 Å². The fourth-order valence-corrected chi connectivity index (χ4v) is 3.46. The molecule has 0 atom stereocenters. The van der Waals surface area contributed by atoms with Crippen molar-refractivity contribution in [1.82, 2.24) is 9.78 Å². The second-order valence-electron chi connectivity index (χ2n) is 8.86. The molecule has 6 nitrogen and oxygen atoms in total. The summed E-state index contributed by atoms with van der Waals surface area (Å²) in [4.78, 5) is 12.0. The van der Waals surface area contributed by atoms with Gasteiger partial charge in [-0.2, -0.15) is 5.10 Å². The number of carbonyl (C=O) groups excluding carboxylic acids is 1. The van der Waals surface area contributed by atoms with Gasteiger partial charge in [0.05, 0.1) is 19.8 Å². The predicted octanol–water partition coefficient (Wildman–Crippen LogP) is 5.81. The molecular formula is C21H32ClN3O3Si. The third kappa shape index (κ3) is 8.10. The molecule has 2 rings (SSSR count). The Labute approximate surface area is 179 Å². The summed E-state index contributed by atoms with van der Waals surface area (Å²) in [6.45, 7) is 14.4. The highest BCUT2D eigenvalue weighted by Gasteiger charge is 2.15. The van der Waals surface area contributed by atoms with Gasteiger partial charge in [-0.15, -0.1) is 0 Å². The Morgan fingerprint density at radius 2 is 2.00 bits per heavy atom. The highest BCUT2D eigenvalue weighted by Crippen LogP contribution is 2.25. The van der Waals surface area contributed by atoms with Gasteiger partial charge >= 0.3 is 6.09 Å². The van der Waals surface area contributed by atoms with Crippen molar-refractivity contribution in [2.75, 3.05) is 18.5 Å². The molecule has 0 bridgehead atoms. The number of nitrogens with one attached hydrogen (secondary N) is 1. The number of halogens is 1. The van der Waals surface area contributed by atoms with E-state index < -0.39 is 14.2 Å². The van der Waals surface area contributed by atoms with Crippen LogP contribution in [0.3, 0.4) is 0 Å². The van der Waals surface area contributed by atoms with Crippen LogP contribution in [0.1, 0.15) is 25.1 Å². The lowest BCUT2D eigenvalue weighted by atomic mass is 10.2. The van der Waals surface area contributed by atoms with E-state index in [1.54, 1.807) is 0 Å². The number of aryl methyl sites for hydroxylation is 1. The van der Waals surface area contributed by atoms with Gasteiger partial charge in [-0.25, -0.2) is 4.79 Å². The molecule has 29 heavy (non-hydrogen) atoms. The molecule has 0 radical (unpaired) electrons. The minimum absolute atomic E-state index is 0.424. The zero-order valence-electron chi connectivity index (χ0n) is 18.2. The lowest BCUT2D eigenvalue weighted by Gasteiger charge is -2.15. The number of aromatic nitrogens is 2. The van der Waals surface area contributed by atoms with Crippen LogP contribution in [-0.2, 0) is 11.3 Å². The molecule has 1 N–H and O–H groups in total. The standard InChI is InChI=1S/C21H32ClN3O3Si/c1-15(2)14-28-19-8-7-18(22)12-17(19)13-25-16(3)11-20(24-25)23-21(26)27-9-10-29(4,5)6/h7-8,11-12,15H,9-10,13-14H2,1-6H3,(H,23,24,26). The van der Waals surface area contributed by atoms with Crippen LogP contribution in [0.5, 0.6) is 5.75 Å². The minimum atomic E-state index is -1.24. The Morgan fingerprint density at radius 1 is 1.28 bits per heavy atom. The summed E-state index contributed by atoms with van der Waals surface area (Å²) in [7, 11) is -1.24. The van der Waals surface area contributed by atoms with E-state index in [2.05, 4.69) is 43.9 Å². The summed E-state index contributed by atoms with van der Waals surface area (Å²) in [5.74, 6) is 1.68. The van der Waals surface area contributed by atoms with Gasteiger partial charge < -0.3 is 9.47 Å². The Kier molecular flexibility index (Phi) is 8.16. The molecule has 1 amide bonds. The van der Waals surface area contributed by atoms with E-state index in [1.807, 2.05) is 35.9 Å². The van der Waals surface area contributed by atoms with E-state index in [-0.39, 0.29) is 0 Å². The summed E-state index contributed by atoms with van der Waals surface area (Å²) in [5.41, 5.74) is 1.85. The van der Waals surface area contributed by atoms with Crippen molar-refractivity contribution in [1.29, 1.82) is 0 Å². The summed E-state index contributed by atoms with van der Waals surface area (Å²) >= 11 is 6.18. The van der Waals surface area contributed by atoms with Crippen LogP contribution in [0.15, 0.2) is 24.3 Å². The first-order valence-electron chi connectivity index (χ1n) is 9.93. The predicted molar refractivity (Wildman–Crippen MR) is 121 cm³/mol. The molecule has 0 fully saturated rings. The van der Waals surface area contributed by atoms with Gasteiger partial charge in [-0.05, 0) is 37.1 Å². The Balaban J connectivity index is 2.03. The van der Waals surface area contributed by atoms with Crippen molar-refractivity contribution in [3.8, 4) is 5.75 Å². The molecule has 0 unspecified atom stereocenters. The summed E-state index contributed by atoms with van der Waals surface area (Å²) in [6.07, 6.45) is -0.475. The van der Waals surface area contributed by atoms with Gasteiger partial charge in [-0.3, -0.25) is 10.00 Å². The van der Waals surface area contributed by atoms with Gasteiger partial charge in [-0.1, -0.05) is 45.1 Å². The zero-order chi connectivity index (χ0) is 21.6. The van der Waals surface area contributed by atoms with Crippen LogP contribution < -0.4 is 10.1 Å². The van der Waals surface area contributed by atoms with E-state index in [0.717, 1.165) is 23.1 Å². The number of anilines is 1. The van der Waals surface area contributed by atoms with Crippen molar-refractivity contribution >= 4 is 31.6 Å². The molecule has 0 aliphatic heterocycles. The van der Waals surface area contributed by atoms with Crippen LogP contribution in [0.2, 0.25) is 30.7 Å². The van der Waals surface area contributed by atoms with Gasteiger partial charge in [0.25, 0.3) is 0 Å². The molecule has 2 aromatic rings. The average Bonchev–Trinajstić information content (AvgIpc) is 2.91. The summed E-state index contributed by atoms with van der Waals surface area (Å²) < 4.78 is 13.0. The molecular weight excluding hydrogens is 406 g/mol. The number of nitrogens with zero attached hydrogens (tertiary/aromatic N) is 2. The maximum absolute atomic E-state index is 12.0. The van der Waals surface area contributed by atoms with Crippen molar-refractivity contribution in [3.63, 3.8) is 0 Å². The number of hydrogen-bond donors (Lipinski definition) is 1. The quantitative estimate of drug-likeness (QED) is 0.502. The van der Waals surface area contributed by atoms with Crippen molar-refractivity contribution in [3.05, 3.63) is 40.5 Å². The van der Waals surface area contributed by atoms with Gasteiger partial charge in [0.1, 0.15) is 5.75 Å². The fourth-order valence-electron chi connectivity index (χ4n) is 2.55. The highest BCUT2D eigenvalue weighted by atomic mass is 35.5. The monoisotopic (exact) mass is 437 g/mol. The number of amides is 1. The topological polar surface area (TPSA) is 65.4 Å². The fraction of sp³-hybridized carbons (Fsp3) is 0.524. The van der Waals surface area contributed by atoms with E-state index >= 15 is 0 Å². The Morgan fingerprint density at radius 3 is 2.66 bits per heavy atom. The number of hydrogen-bond acceptors (Lipinski definition) is 4. The van der Waals surface area contributed by atoms with Crippen molar-refractivity contribution < 1.29 is 14.3 Å². The highest BCUT2D eigenvalue weighted by molar-refractivity contribution is 6.76. The first kappa shape index (κ1) is 23.3. The molecule has 0 saturated carbocycles. The van der Waals surface area contributed by atoms with Crippen LogP contribution >= 0.6 is 11.6 Å². The van der Waals surface area contributed by atoms with E-state index in [1.165, 1.54) is 0 Å². The normalized spacial score (nSPS) is 11.6. The number of carbonyl (C=O) groups is 1. The van der Waals surface area contributed by atoms with Crippen molar-refractivity contribution in [2.24, 2.45) is 5.92 Å². The number of benzene rings is 1. The molecule has 8 heteroatoms. The summed E-state index contributed by atoms with van der Waals surface area (Å²) in [5, 5.41) is 7.83. The van der Waals surface area contributed by atoms with E-state index in [9.17, 15) is 4.79 Å². The maximum Gasteiger partial charge on any atom is 0.412 e. The molecule has 0 aliphatic rings. The Bertz CT molecular complexity index is 831. The lowest BCUT2D eigenvalue weighted by molar-refractivity contribution is 0.167. The Hall–Kier alpha value is -1.99. The zero-order valence-corrected chi connectivity index (χ0v) is 20.0. The second kappa shape index (κ2) is 10.2. The molecule has 0 aliphatic carbocycles. The van der Waals surface area contributed by atoms with Crippen LogP contribution in [0.4, 0.5) is 10.6 Å². The van der Waals surface area contributed by atoms with Gasteiger partial charge in [0.15, 0.2) is 5.82 Å². The SMILES string of the molecule is Cc1cc(NC(=O)OCC[Si](C)(C)C)nn1Cc1cc(Cl)ccc1OCC(C)C. The number of rotatable bonds is 9. The minimum Gasteiger partial charge on any atom is -0.493 e. The number of ether oxygens (including phenoxy) is 2. The largest absolute Gasteiger partial charge is 0.493 e. The third-order valence-corrected chi connectivity index (χ3v) is 6.15. The van der Waals surface area contributed by atoms with Gasteiger partial charge in [0, 0.05) is 30.4 Å². The second-order valence-corrected chi connectivity index (χ2v) is 14.9. The third-order valence-electron chi connectivity index (χ3n) is 4.21. The molecule has 0 saturated heterocycles. The molecule has 1 aromatic heterocycles. The van der Waals surface area contributed by atoms with Crippen LogP contribution in [0, 0.1) is 12.8 Å². The molecule has 1 heterocycles. The molecule has 1 aromatic carbocycles. The molecule has 160 valence electrons. The van der Waals surface area contributed by atoms with E-state index in [4.69, 9.17) is 21.1 Å². The maximum atomic E-state index is 12.0. The lowest BCUT2D eigenvalue weighted by Crippen LogP contribution is -2.24. The average molecular weight is 438 g/mol.